The van der Waals surface area contributed by atoms with Gasteiger partial charge in [0.25, 0.3) is 0 Å². The fourth-order valence-corrected chi connectivity index (χ4v) is 1.26. The van der Waals surface area contributed by atoms with Crippen LogP contribution >= 0.6 is 0 Å². The number of hydrogen-bond acceptors (Lipinski definition) is 3. The molecule has 0 aliphatic heterocycles. The van der Waals surface area contributed by atoms with Crippen molar-refractivity contribution in [2.24, 2.45) is 0 Å². The van der Waals surface area contributed by atoms with E-state index in [1.165, 1.54) is 6.08 Å². The molecule has 102 valence electrons. The maximum absolute atomic E-state index is 11.4. The highest BCUT2D eigenvalue weighted by molar-refractivity contribution is 5.91. The van der Waals surface area contributed by atoms with Crippen molar-refractivity contribution in [1.82, 2.24) is 5.32 Å². The lowest BCUT2D eigenvalue weighted by molar-refractivity contribution is -0.142. The fourth-order valence-electron chi connectivity index (χ4n) is 1.26. The monoisotopic (exact) mass is 257 g/mol. The highest BCUT2D eigenvalue weighted by Gasteiger charge is 2.19. The number of rotatable bonds is 9. The number of hydrogen-bond donors (Lipinski definition) is 3. The second-order valence-corrected chi connectivity index (χ2v) is 3.88. The van der Waals surface area contributed by atoms with E-state index in [2.05, 4.69) is 5.32 Å². The van der Waals surface area contributed by atoms with E-state index in [0.717, 1.165) is 19.3 Å². The molecule has 0 fully saturated rings. The van der Waals surface area contributed by atoms with E-state index in [4.69, 9.17) is 10.2 Å². The number of carbonyl (C=O) groups is 3. The molecule has 0 aromatic heterocycles. The summed E-state index contributed by atoms with van der Waals surface area (Å²) in [7, 11) is 0. The number of carboxylic acid groups (broad SMARTS) is 2. The molecule has 0 aromatic rings. The summed E-state index contributed by atoms with van der Waals surface area (Å²) in [4.78, 5) is 32.5. The summed E-state index contributed by atoms with van der Waals surface area (Å²) in [6.45, 7) is 2.03. The van der Waals surface area contributed by atoms with Crippen molar-refractivity contribution in [3.63, 3.8) is 0 Å². The van der Waals surface area contributed by atoms with Crippen molar-refractivity contribution in [2.45, 2.75) is 45.1 Å². The normalized spacial score (nSPS) is 12.3. The molecular formula is C12H19NO5. The maximum Gasteiger partial charge on any atom is 0.326 e. The van der Waals surface area contributed by atoms with Crippen LogP contribution in [-0.2, 0) is 14.4 Å². The fraction of sp³-hybridized carbons (Fsp3) is 0.583. The minimum absolute atomic E-state index is 0.126. The van der Waals surface area contributed by atoms with Crippen molar-refractivity contribution in [1.29, 1.82) is 0 Å². The van der Waals surface area contributed by atoms with Gasteiger partial charge in [0.2, 0.25) is 5.91 Å². The first kappa shape index (κ1) is 16.1. The second-order valence-electron chi connectivity index (χ2n) is 3.88. The smallest absolute Gasteiger partial charge is 0.326 e. The van der Waals surface area contributed by atoms with Crippen LogP contribution in [0.3, 0.4) is 0 Å². The van der Waals surface area contributed by atoms with E-state index in [9.17, 15) is 14.4 Å². The van der Waals surface area contributed by atoms with E-state index in [-0.39, 0.29) is 12.8 Å². The summed E-state index contributed by atoms with van der Waals surface area (Å²) >= 11 is 0. The average molecular weight is 257 g/mol. The van der Waals surface area contributed by atoms with Gasteiger partial charge in [-0.1, -0.05) is 25.8 Å². The van der Waals surface area contributed by atoms with Crippen LogP contribution in [-0.4, -0.2) is 34.1 Å². The third-order valence-electron chi connectivity index (χ3n) is 2.26. The maximum atomic E-state index is 11.4. The molecule has 0 heterocycles. The molecule has 1 amide bonds. The first-order valence-electron chi connectivity index (χ1n) is 5.89. The predicted octanol–water partition coefficient (Wildman–Crippen LogP) is 1.17. The third-order valence-corrected chi connectivity index (χ3v) is 2.26. The quantitative estimate of drug-likeness (QED) is 0.425. The molecular weight excluding hydrogens is 238 g/mol. The molecule has 0 aliphatic rings. The van der Waals surface area contributed by atoms with E-state index in [1.54, 1.807) is 6.08 Å². The second kappa shape index (κ2) is 9.21. The summed E-state index contributed by atoms with van der Waals surface area (Å²) in [5.41, 5.74) is 0. The van der Waals surface area contributed by atoms with Gasteiger partial charge in [0.1, 0.15) is 6.04 Å². The standard InChI is InChI=1S/C12H19NO5/c1-2-3-4-5-6-10(14)13-9(12(17)18)7-8-11(15)16/h5-6,9H,2-4,7-8H2,1H3,(H,13,14)(H,15,16)(H,17,18)/b6-5+. The van der Waals surface area contributed by atoms with Crippen molar-refractivity contribution >= 4 is 17.8 Å². The minimum Gasteiger partial charge on any atom is -0.481 e. The van der Waals surface area contributed by atoms with Crippen molar-refractivity contribution < 1.29 is 24.6 Å². The van der Waals surface area contributed by atoms with Crippen molar-refractivity contribution in [3.05, 3.63) is 12.2 Å². The Morgan fingerprint density at radius 3 is 2.44 bits per heavy atom. The van der Waals surface area contributed by atoms with E-state index in [1.807, 2.05) is 6.92 Å². The highest BCUT2D eigenvalue weighted by Crippen LogP contribution is 1.99. The zero-order chi connectivity index (χ0) is 14.0. The summed E-state index contributed by atoms with van der Waals surface area (Å²) in [6, 6.07) is -1.16. The number of unbranched alkanes of at least 4 members (excludes halogenated alkanes) is 2. The Bertz CT molecular complexity index is 324. The summed E-state index contributed by atoms with van der Waals surface area (Å²) in [5, 5.41) is 19.5. The first-order valence-corrected chi connectivity index (χ1v) is 5.89. The van der Waals surface area contributed by atoms with Gasteiger partial charge in [-0.25, -0.2) is 4.79 Å². The van der Waals surface area contributed by atoms with Crippen LogP contribution in [0.25, 0.3) is 0 Å². The number of allylic oxidation sites excluding steroid dienone is 1. The molecule has 1 unspecified atom stereocenters. The lowest BCUT2D eigenvalue weighted by Gasteiger charge is -2.11. The van der Waals surface area contributed by atoms with Gasteiger partial charge in [0, 0.05) is 6.42 Å². The van der Waals surface area contributed by atoms with Crippen LogP contribution < -0.4 is 5.32 Å². The topological polar surface area (TPSA) is 104 Å². The van der Waals surface area contributed by atoms with Crippen LogP contribution in [0.5, 0.6) is 0 Å². The van der Waals surface area contributed by atoms with Gasteiger partial charge >= 0.3 is 11.9 Å². The molecule has 0 saturated heterocycles. The van der Waals surface area contributed by atoms with Crippen LogP contribution in [0.2, 0.25) is 0 Å². The van der Waals surface area contributed by atoms with Gasteiger partial charge in [0.05, 0.1) is 0 Å². The van der Waals surface area contributed by atoms with E-state index >= 15 is 0 Å². The van der Waals surface area contributed by atoms with Gasteiger partial charge in [-0.15, -0.1) is 0 Å². The van der Waals surface area contributed by atoms with Crippen LogP contribution in [0.15, 0.2) is 12.2 Å². The van der Waals surface area contributed by atoms with Crippen molar-refractivity contribution in [3.8, 4) is 0 Å². The van der Waals surface area contributed by atoms with Crippen LogP contribution in [0.4, 0.5) is 0 Å². The first-order chi connectivity index (χ1) is 8.47. The number of amides is 1. The van der Waals surface area contributed by atoms with E-state index < -0.39 is 23.9 Å². The number of aliphatic carboxylic acids is 2. The van der Waals surface area contributed by atoms with Gasteiger partial charge < -0.3 is 15.5 Å². The molecule has 0 spiro atoms. The molecule has 3 N–H and O–H groups in total. The Morgan fingerprint density at radius 1 is 1.28 bits per heavy atom. The highest BCUT2D eigenvalue weighted by atomic mass is 16.4. The lowest BCUT2D eigenvalue weighted by atomic mass is 10.1. The number of carbonyl (C=O) groups excluding carboxylic acids is 1. The Morgan fingerprint density at radius 2 is 1.94 bits per heavy atom. The molecule has 0 saturated carbocycles. The Balaban J connectivity index is 4.15. The lowest BCUT2D eigenvalue weighted by Crippen LogP contribution is -2.40. The molecule has 1 atom stereocenters. The molecule has 0 rings (SSSR count). The van der Waals surface area contributed by atoms with Gasteiger partial charge in [0.15, 0.2) is 0 Å². The van der Waals surface area contributed by atoms with Crippen LogP contribution in [0.1, 0.15) is 39.0 Å². The van der Waals surface area contributed by atoms with Crippen molar-refractivity contribution in [2.75, 3.05) is 0 Å². The van der Waals surface area contributed by atoms with Crippen LogP contribution in [0, 0.1) is 0 Å². The molecule has 6 heteroatoms. The number of carboxylic acids is 2. The summed E-state index contributed by atoms with van der Waals surface area (Å²) in [5.74, 6) is -2.83. The minimum atomic E-state index is -1.23. The Labute approximate surface area is 106 Å². The third kappa shape index (κ3) is 8.32. The number of nitrogens with one attached hydrogen (secondary N) is 1. The predicted molar refractivity (Wildman–Crippen MR) is 65.1 cm³/mol. The molecule has 0 aromatic carbocycles. The Kier molecular flexibility index (Phi) is 8.26. The van der Waals surface area contributed by atoms with Gasteiger partial charge in [-0.2, -0.15) is 0 Å². The van der Waals surface area contributed by atoms with Gasteiger partial charge in [-0.3, -0.25) is 9.59 Å². The largest absolute Gasteiger partial charge is 0.481 e. The van der Waals surface area contributed by atoms with Gasteiger partial charge in [-0.05, 0) is 18.9 Å². The summed E-state index contributed by atoms with van der Waals surface area (Å²) in [6.07, 6.45) is 5.28. The molecule has 18 heavy (non-hydrogen) atoms. The molecule has 6 nitrogen and oxygen atoms in total. The zero-order valence-corrected chi connectivity index (χ0v) is 10.4. The average Bonchev–Trinajstić information content (AvgIpc) is 2.29. The Hall–Kier alpha value is -1.85. The molecule has 0 radical (unpaired) electrons. The SMILES string of the molecule is CCCC/C=C/C(=O)NC(CCC(=O)O)C(=O)O. The zero-order valence-electron chi connectivity index (χ0n) is 10.4. The summed E-state index contributed by atoms with van der Waals surface area (Å²) < 4.78 is 0. The molecule has 0 bridgehead atoms. The molecule has 0 aliphatic carbocycles. The van der Waals surface area contributed by atoms with E-state index in [0.29, 0.717) is 0 Å².